The van der Waals surface area contributed by atoms with E-state index < -0.39 is 6.51 Å². The van der Waals surface area contributed by atoms with Crippen molar-refractivity contribution >= 4 is 0 Å². The van der Waals surface area contributed by atoms with E-state index in [1.54, 1.807) is 0 Å². The van der Waals surface area contributed by atoms with Gasteiger partial charge >= 0.3 is 71.9 Å². The van der Waals surface area contributed by atoms with Crippen LogP contribution in [-0.2, 0) is 6.51 Å². The Labute approximate surface area is 72.1 Å². The van der Waals surface area contributed by atoms with Gasteiger partial charge in [0.05, 0.1) is 0 Å². The van der Waals surface area contributed by atoms with Gasteiger partial charge in [-0.15, -0.1) is 0 Å². The van der Waals surface area contributed by atoms with Crippen molar-refractivity contribution in [3.8, 4) is 6.07 Å². The van der Waals surface area contributed by atoms with Crippen molar-refractivity contribution in [3.05, 3.63) is 0 Å². The molecule has 0 aromatic rings. The van der Waals surface area contributed by atoms with Gasteiger partial charge in [-0.1, -0.05) is 0 Å². The summed E-state index contributed by atoms with van der Waals surface area (Å²) in [5, 5.41) is 9.18. The third-order valence-electron chi connectivity index (χ3n) is 15.3. The second-order valence-electron chi connectivity index (χ2n) is 10.2. The SMILES string of the molecule is N#CC[C]12[CH]3[CH]4[CH]5[CH]1[Fe]45321678[CH]2[CH]1[CH]6[CH]7[CH]28. The molecule has 72 valence electrons. The number of hydrogen-bond donors (Lipinski definition) is 0. The van der Waals surface area contributed by atoms with Crippen molar-refractivity contribution in [2.75, 3.05) is 0 Å². The molecule has 1 spiro atoms. The Balaban J connectivity index is 1.90. The van der Waals surface area contributed by atoms with E-state index in [4.69, 9.17) is 0 Å². The maximum atomic E-state index is 9.18. The molecule has 0 N–H and O–H groups in total. The monoisotopic (exact) mass is 225 g/mol. The van der Waals surface area contributed by atoms with Crippen LogP contribution in [0.2, 0.25) is 47.7 Å². The van der Waals surface area contributed by atoms with Crippen LogP contribution in [0.4, 0.5) is 0 Å². The summed E-state index contributed by atoms with van der Waals surface area (Å²) in [6, 6.07) is 2.62. The zero-order valence-corrected chi connectivity index (χ0v) is 8.81. The van der Waals surface area contributed by atoms with Crippen LogP contribution < -0.4 is 0 Å². The third-order valence-corrected chi connectivity index (χ3v) is 58.3. The van der Waals surface area contributed by atoms with Gasteiger partial charge < -0.3 is 0 Å². The summed E-state index contributed by atoms with van der Waals surface area (Å²) in [6.07, 6.45) is 1.06. The molecule has 10 aliphatic rings. The Morgan fingerprint density at radius 2 is 1.43 bits per heavy atom. The molecule has 1 nitrogen and oxygen atoms in total. The number of nitrogens with zero attached hydrogens (tertiary/aromatic N) is 1. The second-order valence-corrected chi connectivity index (χ2v) is 33.8. The minimum absolute atomic E-state index is 0.883. The second kappa shape index (κ2) is 0.293. The van der Waals surface area contributed by atoms with E-state index in [0.717, 1.165) is 10.7 Å². The summed E-state index contributed by atoms with van der Waals surface area (Å²) in [5.41, 5.74) is 0. The molecule has 10 saturated heterocycles. The van der Waals surface area contributed by atoms with Gasteiger partial charge in [0.2, 0.25) is 0 Å². The molecule has 4 unspecified atom stereocenters. The molecular formula is C12H11FeN. The van der Waals surface area contributed by atoms with Gasteiger partial charge in [0.15, 0.2) is 0 Å². The predicted octanol–water partition coefficient (Wildman–Crippen LogP) is 3.66. The van der Waals surface area contributed by atoms with Crippen molar-refractivity contribution in [1.82, 2.24) is 0 Å². The van der Waals surface area contributed by atoms with E-state index in [-0.39, 0.29) is 0 Å². The van der Waals surface area contributed by atoms with Gasteiger partial charge in [-0.2, -0.15) is 0 Å². The number of rotatable bonds is 1. The van der Waals surface area contributed by atoms with Gasteiger partial charge in [-0.3, -0.25) is 0 Å². The van der Waals surface area contributed by atoms with E-state index in [2.05, 4.69) is 6.07 Å². The molecule has 10 aliphatic heterocycles. The molecule has 4 atom stereocenters. The number of fused-ring (bicyclic) bond motifs is 10. The normalized spacial score (nSPS) is 142. The van der Waals surface area contributed by atoms with Crippen molar-refractivity contribution in [2.24, 2.45) is 0 Å². The van der Waals surface area contributed by atoms with Crippen LogP contribution in [0.15, 0.2) is 0 Å². The fourth-order valence-electron chi connectivity index (χ4n) is 17.3. The Morgan fingerprint density at radius 3 is 1.64 bits per heavy atom. The molecule has 10 rings (SSSR count). The first-order chi connectivity index (χ1) is 6.61. The van der Waals surface area contributed by atoms with Crippen LogP contribution in [0.1, 0.15) is 6.42 Å². The van der Waals surface area contributed by atoms with E-state index in [1.807, 2.05) is 0 Å². The van der Waals surface area contributed by atoms with Crippen molar-refractivity contribution in [2.45, 2.75) is 54.1 Å². The summed E-state index contributed by atoms with van der Waals surface area (Å²) in [6.45, 7) is -2.76. The molecule has 10 heterocycles. The van der Waals surface area contributed by atoms with Crippen molar-refractivity contribution in [1.29, 1.82) is 5.26 Å². The van der Waals surface area contributed by atoms with E-state index in [9.17, 15) is 5.26 Å². The maximum absolute atomic E-state index is 9.18. The topological polar surface area (TPSA) is 23.8 Å². The van der Waals surface area contributed by atoms with E-state index in [1.165, 1.54) is 43.3 Å². The van der Waals surface area contributed by atoms with Crippen LogP contribution in [0.3, 0.4) is 0 Å². The van der Waals surface area contributed by atoms with Gasteiger partial charge in [-0.05, 0) is 0 Å². The summed E-state index contributed by atoms with van der Waals surface area (Å²) in [7, 11) is 0. The molecule has 0 aliphatic carbocycles. The zero-order chi connectivity index (χ0) is 8.43. The molecule has 0 amide bonds. The van der Waals surface area contributed by atoms with E-state index >= 15 is 0 Å². The standard InChI is InChI=1S/C7H6N.C5H5.Fe/c8-6-5-7-3-1-2-4-7;1-2-4-5-3-1;/h1-4H,5H2;1-5H;. The molecule has 2 heteroatoms. The third kappa shape index (κ3) is 0.0309. The molecule has 0 saturated carbocycles. The first-order valence-electron chi connectivity index (χ1n) is 6.19. The Morgan fingerprint density at radius 1 is 0.929 bits per heavy atom. The van der Waals surface area contributed by atoms with Crippen LogP contribution in [0, 0.1) is 11.3 Å². The molecule has 0 aromatic carbocycles. The zero-order valence-electron chi connectivity index (χ0n) is 7.70. The van der Waals surface area contributed by atoms with Gasteiger partial charge in [0.1, 0.15) is 0 Å². The van der Waals surface area contributed by atoms with Gasteiger partial charge in [0, 0.05) is 0 Å². The minimum atomic E-state index is -2.76. The van der Waals surface area contributed by atoms with Crippen molar-refractivity contribution in [3.63, 3.8) is 0 Å². The number of nitriles is 1. The molecular weight excluding hydrogens is 214 g/mol. The summed E-state index contributed by atoms with van der Waals surface area (Å²) < 4.78 is 0.883. The Hall–Kier alpha value is 0.00948. The quantitative estimate of drug-likeness (QED) is 0.624. The van der Waals surface area contributed by atoms with Gasteiger partial charge in [0.25, 0.3) is 0 Å². The average molecular weight is 225 g/mol. The summed E-state index contributed by atoms with van der Waals surface area (Å²) in [4.78, 5) is 12.6. The molecule has 14 heavy (non-hydrogen) atoms. The fraction of sp³-hybridized carbons (Fsp3) is 0.917. The molecule has 0 aromatic heterocycles. The average Bonchev–Trinajstić information content (AvgIpc) is 3.14. The van der Waals surface area contributed by atoms with Crippen LogP contribution in [0.5, 0.6) is 0 Å². The molecule has 10 fully saturated rings. The van der Waals surface area contributed by atoms with Crippen LogP contribution in [-0.4, -0.2) is 0 Å². The van der Waals surface area contributed by atoms with E-state index in [0.29, 0.717) is 0 Å². The fourth-order valence-corrected chi connectivity index (χ4v) is 92.0. The Kier molecular flexibility index (Phi) is 0.0938. The summed E-state index contributed by atoms with van der Waals surface area (Å²) >= 11 is 0. The summed E-state index contributed by atoms with van der Waals surface area (Å²) in [5.74, 6) is 0. The Bertz CT molecular complexity index is 855. The van der Waals surface area contributed by atoms with Crippen molar-refractivity contribution < 1.29 is 6.51 Å². The van der Waals surface area contributed by atoms with Crippen LogP contribution >= 0.6 is 0 Å². The first kappa shape index (κ1) is 4.48. The van der Waals surface area contributed by atoms with Gasteiger partial charge in [-0.25, -0.2) is 0 Å². The predicted molar refractivity (Wildman–Crippen MR) is 46.7 cm³/mol. The van der Waals surface area contributed by atoms with Crippen LogP contribution in [0.25, 0.3) is 0 Å². The molecule has 0 bridgehead atoms. The molecule has 0 radical (unpaired) electrons. The number of hydrogen-bond acceptors (Lipinski definition) is 1. The first-order valence-corrected chi connectivity index (χ1v) is 12.5.